The molecule has 0 amide bonds. The van der Waals surface area contributed by atoms with Gasteiger partial charge in [-0.05, 0) is 49.2 Å². The molecule has 0 aliphatic carbocycles. The molecule has 11 heteroatoms. The Balaban J connectivity index is 1.73. The molecular formula is C24H24ClFN4O4S. The molecule has 1 N–H and O–H groups in total. The van der Waals surface area contributed by atoms with Crippen LogP contribution < -0.4 is 14.8 Å². The summed E-state index contributed by atoms with van der Waals surface area (Å²) in [6, 6.07) is 9.09. The van der Waals surface area contributed by atoms with Crippen LogP contribution in [0.3, 0.4) is 0 Å². The SMILES string of the molecule is CCOC(=O)C1=C(C)Nc2nc(SCc3ccc(F)cc3Cl)nn2C1c1ccc(OC)c(OC)c1. The number of esters is 1. The summed E-state index contributed by atoms with van der Waals surface area (Å²) < 4.78 is 31.2. The highest BCUT2D eigenvalue weighted by atomic mass is 35.5. The maximum absolute atomic E-state index is 13.4. The average molecular weight is 519 g/mol. The molecule has 1 aromatic heterocycles. The molecule has 0 fully saturated rings. The monoisotopic (exact) mass is 518 g/mol. The Morgan fingerprint density at radius 3 is 2.66 bits per heavy atom. The van der Waals surface area contributed by atoms with E-state index < -0.39 is 17.8 Å². The molecule has 8 nitrogen and oxygen atoms in total. The van der Waals surface area contributed by atoms with Gasteiger partial charge in [-0.15, -0.1) is 5.10 Å². The third-order valence-corrected chi connectivity index (χ3v) is 6.66. The van der Waals surface area contributed by atoms with Gasteiger partial charge in [-0.25, -0.2) is 13.9 Å². The summed E-state index contributed by atoms with van der Waals surface area (Å²) in [5.74, 6) is 1.16. The highest BCUT2D eigenvalue weighted by Gasteiger charge is 2.35. The number of halogens is 2. The summed E-state index contributed by atoms with van der Waals surface area (Å²) in [7, 11) is 3.11. The van der Waals surface area contributed by atoms with Crippen molar-refractivity contribution in [3.63, 3.8) is 0 Å². The van der Waals surface area contributed by atoms with Crippen LogP contribution in [0.2, 0.25) is 5.02 Å². The second-order valence-corrected chi connectivity index (χ2v) is 8.94. The third kappa shape index (κ3) is 5.08. The van der Waals surface area contributed by atoms with E-state index in [1.165, 1.54) is 23.9 Å². The van der Waals surface area contributed by atoms with E-state index >= 15 is 0 Å². The number of rotatable bonds is 8. The van der Waals surface area contributed by atoms with Crippen LogP contribution in [-0.4, -0.2) is 41.6 Å². The zero-order valence-electron chi connectivity index (χ0n) is 19.6. The quantitative estimate of drug-likeness (QED) is 0.320. The van der Waals surface area contributed by atoms with Crippen molar-refractivity contribution in [1.29, 1.82) is 0 Å². The fraction of sp³-hybridized carbons (Fsp3) is 0.292. The number of hydrogen-bond acceptors (Lipinski definition) is 8. The summed E-state index contributed by atoms with van der Waals surface area (Å²) in [4.78, 5) is 17.6. The summed E-state index contributed by atoms with van der Waals surface area (Å²) in [5.41, 5.74) is 2.53. The van der Waals surface area contributed by atoms with Crippen molar-refractivity contribution >= 4 is 35.3 Å². The minimum absolute atomic E-state index is 0.234. The number of hydrogen-bond donors (Lipinski definition) is 1. The fourth-order valence-corrected chi connectivity index (χ4v) is 4.92. The molecule has 2 heterocycles. The van der Waals surface area contributed by atoms with Crippen LogP contribution in [0.5, 0.6) is 11.5 Å². The van der Waals surface area contributed by atoms with E-state index in [2.05, 4.69) is 15.4 Å². The minimum atomic E-state index is -0.610. The molecule has 1 atom stereocenters. The predicted molar refractivity (Wildman–Crippen MR) is 132 cm³/mol. The van der Waals surface area contributed by atoms with E-state index in [0.29, 0.717) is 44.6 Å². The normalized spacial score (nSPS) is 14.9. The van der Waals surface area contributed by atoms with Crippen LogP contribution in [0, 0.1) is 5.82 Å². The first-order valence-corrected chi connectivity index (χ1v) is 12.1. The summed E-state index contributed by atoms with van der Waals surface area (Å²) in [5, 5.41) is 8.64. The Morgan fingerprint density at radius 1 is 1.20 bits per heavy atom. The lowest BCUT2D eigenvalue weighted by Crippen LogP contribution is -2.29. The zero-order valence-corrected chi connectivity index (χ0v) is 21.2. The summed E-state index contributed by atoms with van der Waals surface area (Å²) in [6.45, 7) is 3.78. The van der Waals surface area contributed by atoms with E-state index in [4.69, 9.17) is 25.8 Å². The number of aromatic nitrogens is 3. The molecule has 1 aliphatic rings. The van der Waals surface area contributed by atoms with Gasteiger partial charge in [0, 0.05) is 16.5 Å². The number of carbonyl (C=O) groups excluding carboxylic acids is 1. The smallest absolute Gasteiger partial charge is 0.338 e. The van der Waals surface area contributed by atoms with Gasteiger partial charge in [0.1, 0.15) is 11.9 Å². The van der Waals surface area contributed by atoms with Gasteiger partial charge in [0.2, 0.25) is 11.1 Å². The van der Waals surface area contributed by atoms with Crippen LogP contribution in [0.15, 0.2) is 52.8 Å². The lowest BCUT2D eigenvalue weighted by molar-refractivity contribution is -0.139. The van der Waals surface area contributed by atoms with Crippen molar-refractivity contribution in [3.05, 3.63) is 69.6 Å². The van der Waals surface area contributed by atoms with Crippen LogP contribution >= 0.6 is 23.4 Å². The molecule has 0 radical (unpaired) electrons. The fourth-order valence-electron chi connectivity index (χ4n) is 3.78. The van der Waals surface area contributed by atoms with E-state index in [-0.39, 0.29) is 6.61 Å². The van der Waals surface area contributed by atoms with Crippen LogP contribution in [-0.2, 0) is 15.3 Å². The second-order valence-electron chi connectivity index (χ2n) is 7.59. The van der Waals surface area contributed by atoms with E-state index in [9.17, 15) is 9.18 Å². The molecule has 3 aromatic rings. The number of methoxy groups -OCH3 is 2. The van der Waals surface area contributed by atoms with Gasteiger partial charge < -0.3 is 19.5 Å². The van der Waals surface area contributed by atoms with Gasteiger partial charge in [0.15, 0.2) is 11.5 Å². The highest BCUT2D eigenvalue weighted by Crippen LogP contribution is 2.40. The Bertz CT molecular complexity index is 1300. The van der Waals surface area contributed by atoms with Gasteiger partial charge in [-0.3, -0.25) is 0 Å². The number of fused-ring (bicyclic) bond motifs is 1. The number of benzene rings is 2. The third-order valence-electron chi connectivity index (χ3n) is 5.42. The van der Waals surface area contributed by atoms with Gasteiger partial charge in [0.25, 0.3) is 0 Å². The number of nitrogens with zero attached hydrogens (tertiary/aromatic N) is 3. The van der Waals surface area contributed by atoms with Crippen molar-refractivity contribution in [2.45, 2.75) is 30.8 Å². The Kier molecular flexibility index (Phi) is 7.51. The predicted octanol–water partition coefficient (Wildman–Crippen LogP) is 5.23. The van der Waals surface area contributed by atoms with Gasteiger partial charge in [0.05, 0.1) is 26.4 Å². The lowest BCUT2D eigenvalue weighted by Gasteiger charge is -2.28. The maximum atomic E-state index is 13.4. The molecular weight excluding hydrogens is 495 g/mol. The molecule has 2 aromatic carbocycles. The van der Waals surface area contributed by atoms with E-state index in [1.807, 2.05) is 6.07 Å². The van der Waals surface area contributed by atoms with Crippen molar-refractivity contribution in [1.82, 2.24) is 14.8 Å². The summed E-state index contributed by atoms with van der Waals surface area (Å²) >= 11 is 7.51. The largest absolute Gasteiger partial charge is 0.493 e. The Morgan fingerprint density at radius 2 is 1.97 bits per heavy atom. The minimum Gasteiger partial charge on any atom is -0.493 e. The number of carbonyl (C=O) groups is 1. The van der Waals surface area contributed by atoms with Crippen molar-refractivity contribution in [2.75, 3.05) is 26.1 Å². The van der Waals surface area contributed by atoms with Crippen LogP contribution in [0.1, 0.15) is 31.0 Å². The Labute approximate surface area is 211 Å². The number of nitrogens with one attached hydrogen (secondary N) is 1. The maximum Gasteiger partial charge on any atom is 0.338 e. The number of thioether (sulfide) groups is 1. The molecule has 0 spiro atoms. The number of anilines is 1. The molecule has 35 heavy (non-hydrogen) atoms. The first-order valence-electron chi connectivity index (χ1n) is 10.8. The molecule has 0 bridgehead atoms. The second kappa shape index (κ2) is 10.6. The van der Waals surface area contributed by atoms with Gasteiger partial charge in [-0.1, -0.05) is 35.5 Å². The van der Waals surface area contributed by atoms with Crippen LogP contribution in [0.4, 0.5) is 10.3 Å². The van der Waals surface area contributed by atoms with Crippen molar-refractivity contribution < 1.29 is 23.4 Å². The topological polar surface area (TPSA) is 87.5 Å². The van der Waals surface area contributed by atoms with Crippen molar-refractivity contribution in [2.24, 2.45) is 0 Å². The number of allylic oxidation sites excluding steroid dienone is 1. The molecule has 1 unspecified atom stereocenters. The average Bonchev–Trinajstić information content (AvgIpc) is 3.24. The summed E-state index contributed by atoms with van der Waals surface area (Å²) in [6.07, 6.45) is 0. The molecule has 184 valence electrons. The first-order chi connectivity index (χ1) is 16.9. The van der Waals surface area contributed by atoms with Crippen molar-refractivity contribution in [3.8, 4) is 11.5 Å². The molecule has 1 aliphatic heterocycles. The zero-order chi connectivity index (χ0) is 25.1. The standard InChI is InChI=1S/C24H24ClFN4O4S/c1-5-34-22(31)20-13(2)27-23-28-24(35-12-15-6-8-16(26)11-17(15)25)29-30(23)21(20)14-7-9-18(32-3)19(10-14)33-4/h6-11,21H,5,12H2,1-4H3,(H,27,28,29). The first kappa shape index (κ1) is 24.9. The molecule has 0 saturated carbocycles. The van der Waals surface area contributed by atoms with E-state index in [0.717, 1.165) is 11.1 Å². The Hall–Kier alpha value is -3.24. The lowest BCUT2D eigenvalue weighted by atomic mass is 9.95. The number of ether oxygens (including phenoxy) is 3. The highest BCUT2D eigenvalue weighted by molar-refractivity contribution is 7.98. The molecule has 4 rings (SSSR count). The molecule has 0 saturated heterocycles. The van der Waals surface area contributed by atoms with Gasteiger partial charge >= 0.3 is 5.97 Å². The van der Waals surface area contributed by atoms with E-state index in [1.54, 1.807) is 50.9 Å². The van der Waals surface area contributed by atoms with Crippen LogP contribution in [0.25, 0.3) is 0 Å². The van der Waals surface area contributed by atoms with Gasteiger partial charge in [-0.2, -0.15) is 4.98 Å².